The number of rotatable bonds is 5. The summed E-state index contributed by atoms with van der Waals surface area (Å²) in [5.41, 5.74) is 4.26. The highest BCUT2D eigenvalue weighted by atomic mass is 16.6. The number of aliphatic imine (C=N–C) groups is 1. The fourth-order valence-corrected chi connectivity index (χ4v) is 2.78. The van der Waals surface area contributed by atoms with Gasteiger partial charge >= 0.3 is 5.97 Å². The molecule has 0 saturated carbocycles. The molecule has 1 aliphatic heterocycles. The lowest BCUT2D eigenvalue weighted by molar-refractivity contribution is -0.129. The Labute approximate surface area is 163 Å². The van der Waals surface area contributed by atoms with Crippen molar-refractivity contribution in [2.75, 3.05) is 0 Å². The number of benzene rings is 3. The molecular weight excluding hydrogens is 350 g/mol. The first-order valence-corrected chi connectivity index (χ1v) is 9.04. The number of ether oxygens (including phenoxy) is 2. The van der Waals surface area contributed by atoms with Gasteiger partial charge in [0.15, 0.2) is 5.70 Å². The molecule has 1 heterocycles. The van der Waals surface area contributed by atoms with Gasteiger partial charge in [0.1, 0.15) is 12.4 Å². The summed E-state index contributed by atoms with van der Waals surface area (Å²) in [6.45, 7) is 2.57. The molecule has 0 bridgehead atoms. The van der Waals surface area contributed by atoms with Gasteiger partial charge in [-0.05, 0) is 48.4 Å². The van der Waals surface area contributed by atoms with Crippen LogP contribution >= 0.6 is 0 Å². The minimum absolute atomic E-state index is 0.284. The summed E-state index contributed by atoms with van der Waals surface area (Å²) in [6, 6.07) is 25.2. The van der Waals surface area contributed by atoms with Crippen molar-refractivity contribution >= 4 is 17.9 Å². The quantitative estimate of drug-likeness (QED) is 0.474. The molecular formula is C24H19NO3. The van der Waals surface area contributed by atoms with Gasteiger partial charge in [0.05, 0.1) is 0 Å². The highest BCUT2D eigenvalue weighted by molar-refractivity contribution is 6.12. The van der Waals surface area contributed by atoms with Crippen LogP contribution in [0.3, 0.4) is 0 Å². The van der Waals surface area contributed by atoms with E-state index in [4.69, 9.17) is 9.47 Å². The lowest BCUT2D eigenvalue weighted by Gasteiger charge is -2.07. The summed E-state index contributed by atoms with van der Waals surface area (Å²) in [6.07, 6.45) is 1.71. The first-order valence-electron chi connectivity index (χ1n) is 9.04. The van der Waals surface area contributed by atoms with E-state index in [0.717, 1.165) is 22.4 Å². The predicted octanol–water partition coefficient (Wildman–Crippen LogP) is 4.92. The van der Waals surface area contributed by atoms with Gasteiger partial charge in [-0.25, -0.2) is 9.79 Å². The molecule has 0 atom stereocenters. The second kappa shape index (κ2) is 7.92. The van der Waals surface area contributed by atoms with Gasteiger partial charge in [0.25, 0.3) is 0 Å². The van der Waals surface area contributed by atoms with Crippen molar-refractivity contribution in [3.8, 4) is 5.75 Å². The molecule has 0 N–H and O–H groups in total. The molecule has 28 heavy (non-hydrogen) atoms. The van der Waals surface area contributed by atoms with E-state index in [-0.39, 0.29) is 5.70 Å². The van der Waals surface area contributed by atoms with Gasteiger partial charge < -0.3 is 9.47 Å². The smallest absolute Gasteiger partial charge is 0.363 e. The van der Waals surface area contributed by atoms with Crippen molar-refractivity contribution in [3.63, 3.8) is 0 Å². The zero-order valence-electron chi connectivity index (χ0n) is 15.5. The lowest BCUT2D eigenvalue weighted by Crippen LogP contribution is -2.04. The van der Waals surface area contributed by atoms with Crippen LogP contribution in [0.4, 0.5) is 0 Å². The third kappa shape index (κ3) is 4.18. The van der Waals surface area contributed by atoms with E-state index in [2.05, 4.69) is 36.2 Å². The molecule has 0 aliphatic carbocycles. The number of hydrogen-bond donors (Lipinski definition) is 0. The number of carbonyl (C=O) groups excluding carboxylic acids is 1. The molecule has 3 aromatic carbocycles. The molecule has 138 valence electrons. The van der Waals surface area contributed by atoms with Gasteiger partial charge in [0, 0.05) is 5.56 Å². The minimum Gasteiger partial charge on any atom is -0.489 e. The maximum absolute atomic E-state index is 12.1. The Morgan fingerprint density at radius 1 is 0.929 bits per heavy atom. The summed E-state index contributed by atoms with van der Waals surface area (Å²) in [4.78, 5) is 16.4. The van der Waals surface area contributed by atoms with Gasteiger partial charge in [0.2, 0.25) is 5.90 Å². The largest absolute Gasteiger partial charge is 0.489 e. The molecule has 0 aromatic heterocycles. The standard InChI is InChI=1S/C24H19NO3/c1-17-7-9-19(10-8-17)16-27-21-13-11-18(12-14-21)15-22-24(26)28-23(25-22)20-5-3-2-4-6-20/h2-15H,16H2,1H3. The van der Waals surface area contributed by atoms with Crippen LogP contribution < -0.4 is 4.74 Å². The fraction of sp³-hybridized carbons (Fsp3) is 0.0833. The third-order valence-corrected chi connectivity index (χ3v) is 4.35. The van der Waals surface area contributed by atoms with E-state index in [0.29, 0.717) is 12.5 Å². The van der Waals surface area contributed by atoms with Crippen LogP contribution in [-0.4, -0.2) is 11.9 Å². The van der Waals surface area contributed by atoms with Crippen LogP contribution in [0.5, 0.6) is 5.75 Å². The summed E-state index contributed by atoms with van der Waals surface area (Å²) in [5.74, 6) is 0.652. The van der Waals surface area contributed by atoms with Crippen molar-refractivity contribution in [1.82, 2.24) is 0 Å². The SMILES string of the molecule is Cc1ccc(COc2ccc(C=C3N=C(c4ccccc4)OC3=O)cc2)cc1. The van der Waals surface area contributed by atoms with Crippen LogP contribution in [0.1, 0.15) is 22.3 Å². The molecule has 0 amide bonds. The molecule has 4 nitrogen and oxygen atoms in total. The fourth-order valence-electron chi connectivity index (χ4n) is 2.78. The topological polar surface area (TPSA) is 47.9 Å². The number of carbonyl (C=O) groups is 1. The molecule has 3 aromatic rings. The van der Waals surface area contributed by atoms with Crippen molar-refractivity contribution < 1.29 is 14.3 Å². The Bertz CT molecular complexity index is 1030. The van der Waals surface area contributed by atoms with Crippen LogP contribution in [0.2, 0.25) is 0 Å². The van der Waals surface area contributed by atoms with Crippen molar-refractivity contribution in [2.45, 2.75) is 13.5 Å². The number of cyclic esters (lactones) is 1. The maximum atomic E-state index is 12.1. The first-order chi connectivity index (χ1) is 13.7. The van der Waals surface area contributed by atoms with Gasteiger partial charge in [-0.2, -0.15) is 0 Å². The van der Waals surface area contributed by atoms with E-state index < -0.39 is 5.97 Å². The summed E-state index contributed by atoms with van der Waals surface area (Å²) in [5, 5.41) is 0. The number of nitrogens with zero attached hydrogens (tertiary/aromatic N) is 1. The van der Waals surface area contributed by atoms with E-state index in [9.17, 15) is 4.79 Å². The average molecular weight is 369 g/mol. The Morgan fingerprint density at radius 3 is 2.36 bits per heavy atom. The number of hydrogen-bond acceptors (Lipinski definition) is 4. The van der Waals surface area contributed by atoms with E-state index in [1.165, 1.54) is 5.56 Å². The summed E-state index contributed by atoms with van der Waals surface area (Å²) < 4.78 is 11.1. The van der Waals surface area contributed by atoms with Crippen LogP contribution in [0.25, 0.3) is 6.08 Å². The highest BCUT2D eigenvalue weighted by Gasteiger charge is 2.23. The Balaban J connectivity index is 1.44. The normalized spacial score (nSPS) is 14.7. The molecule has 0 radical (unpaired) electrons. The zero-order chi connectivity index (χ0) is 19.3. The highest BCUT2D eigenvalue weighted by Crippen LogP contribution is 2.21. The van der Waals surface area contributed by atoms with Crippen molar-refractivity contribution in [3.05, 3.63) is 107 Å². The van der Waals surface area contributed by atoms with Crippen LogP contribution in [0.15, 0.2) is 89.6 Å². The number of esters is 1. The Morgan fingerprint density at radius 2 is 1.64 bits per heavy atom. The Hall–Kier alpha value is -3.66. The molecule has 0 unspecified atom stereocenters. The molecule has 1 aliphatic rings. The molecule has 4 heteroatoms. The predicted molar refractivity (Wildman–Crippen MR) is 109 cm³/mol. The first kappa shape index (κ1) is 17.7. The third-order valence-electron chi connectivity index (χ3n) is 4.35. The molecule has 0 spiro atoms. The van der Waals surface area contributed by atoms with Gasteiger partial charge in [-0.1, -0.05) is 60.2 Å². The second-order valence-corrected chi connectivity index (χ2v) is 6.55. The Kier molecular flexibility index (Phi) is 5.02. The van der Waals surface area contributed by atoms with Crippen LogP contribution in [0, 0.1) is 6.92 Å². The number of aryl methyl sites for hydroxylation is 1. The zero-order valence-corrected chi connectivity index (χ0v) is 15.5. The van der Waals surface area contributed by atoms with Gasteiger partial charge in [-0.3, -0.25) is 0 Å². The van der Waals surface area contributed by atoms with Crippen molar-refractivity contribution in [1.29, 1.82) is 0 Å². The molecule has 4 rings (SSSR count). The van der Waals surface area contributed by atoms with Gasteiger partial charge in [-0.15, -0.1) is 0 Å². The molecule has 0 saturated heterocycles. The lowest BCUT2D eigenvalue weighted by atomic mass is 10.1. The second-order valence-electron chi connectivity index (χ2n) is 6.55. The van der Waals surface area contributed by atoms with E-state index >= 15 is 0 Å². The van der Waals surface area contributed by atoms with Crippen LogP contribution in [-0.2, 0) is 16.1 Å². The van der Waals surface area contributed by atoms with E-state index in [1.54, 1.807) is 6.08 Å². The summed E-state index contributed by atoms with van der Waals surface area (Å²) >= 11 is 0. The molecule has 0 fully saturated rings. The van der Waals surface area contributed by atoms with Crippen molar-refractivity contribution in [2.24, 2.45) is 4.99 Å². The maximum Gasteiger partial charge on any atom is 0.363 e. The average Bonchev–Trinajstić information content (AvgIpc) is 3.10. The monoisotopic (exact) mass is 369 g/mol. The summed E-state index contributed by atoms with van der Waals surface area (Å²) in [7, 11) is 0. The minimum atomic E-state index is -0.446. The van der Waals surface area contributed by atoms with E-state index in [1.807, 2.05) is 54.6 Å².